The molecule has 1 aliphatic rings. The fourth-order valence-electron chi connectivity index (χ4n) is 2.33. The zero-order valence-electron chi connectivity index (χ0n) is 12.1. The van der Waals surface area contributed by atoms with Crippen LogP contribution in [0.5, 0.6) is 0 Å². The summed E-state index contributed by atoms with van der Waals surface area (Å²) in [6.45, 7) is 2.14. The lowest BCUT2D eigenvalue weighted by Gasteiger charge is -2.34. The first-order chi connectivity index (χ1) is 10.1. The van der Waals surface area contributed by atoms with Gasteiger partial charge in [0.25, 0.3) is 5.91 Å². The van der Waals surface area contributed by atoms with E-state index in [4.69, 9.17) is 4.74 Å². The van der Waals surface area contributed by atoms with Crippen molar-refractivity contribution in [1.29, 1.82) is 0 Å². The Kier molecular flexibility index (Phi) is 5.09. The molecule has 1 fully saturated rings. The number of ketones is 1. The van der Waals surface area contributed by atoms with E-state index in [9.17, 15) is 14.4 Å². The lowest BCUT2D eigenvalue weighted by atomic mass is 10.1. The number of Topliss-reactive ketones (excluding diaryl/α,β-unsaturated/α-hetero) is 1. The normalized spacial score (nSPS) is 18.1. The third-order valence-corrected chi connectivity index (χ3v) is 3.49. The van der Waals surface area contributed by atoms with E-state index in [1.807, 2.05) is 0 Å². The maximum absolute atomic E-state index is 12.4. The molecule has 0 saturated carbocycles. The Labute approximate surface area is 123 Å². The number of benzene rings is 1. The van der Waals surface area contributed by atoms with Crippen LogP contribution in [0.15, 0.2) is 30.3 Å². The van der Waals surface area contributed by atoms with Crippen molar-refractivity contribution in [3.8, 4) is 0 Å². The second-order valence-electron chi connectivity index (χ2n) is 4.99. The van der Waals surface area contributed by atoms with Crippen LogP contribution in [0.2, 0.25) is 0 Å². The van der Waals surface area contributed by atoms with Gasteiger partial charge in [-0.3, -0.25) is 19.3 Å². The fraction of sp³-hybridized carbons (Fsp3) is 0.438. The number of carbonyl (C=O) groups excluding carboxylic acids is 3. The summed E-state index contributed by atoms with van der Waals surface area (Å²) in [5, 5.41) is 0. The molecule has 0 bridgehead atoms. The molecule has 1 atom stereocenters. The zero-order valence-corrected chi connectivity index (χ0v) is 12.1. The zero-order chi connectivity index (χ0) is 15.2. The molecule has 1 saturated heterocycles. The molecular weight excluding hydrogens is 270 g/mol. The van der Waals surface area contributed by atoms with E-state index >= 15 is 0 Å². The number of rotatable bonds is 4. The van der Waals surface area contributed by atoms with Crippen LogP contribution in [0.1, 0.15) is 43.0 Å². The van der Waals surface area contributed by atoms with Crippen molar-refractivity contribution in [1.82, 2.24) is 4.90 Å². The summed E-state index contributed by atoms with van der Waals surface area (Å²) in [7, 11) is 0. The average Bonchev–Trinajstić information content (AvgIpc) is 2.54. The summed E-state index contributed by atoms with van der Waals surface area (Å²) in [5.74, 6) is -1.52. The average molecular weight is 289 g/mol. The van der Waals surface area contributed by atoms with Crippen molar-refractivity contribution in [3.63, 3.8) is 0 Å². The summed E-state index contributed by atoms with van der Waals surface area (Å²) in [4.78, 5) is 37.4. The minimum atomic E-state index is -0.619. The van der Waals surface area contributed by atoms with Crippen molar-refractivity contribution in [2.45, 2.75) is 38.8 Å². The Balaban J connectivity index is 2.11. The van der Waals surface area contributed by atoms with E-state index in [1.54, 1.807) is 37.3 Å². The first-order valence-electron chi connectivity index (χ1n) is 7.23. The van der Waals surface area contributed by atoms with Crippen LogP contribution in [0.25, 0.3) is 0 Å². The quantitative estimate of drug-likeness (QED) is 0.484. The van der Waals surface area contributed by atoms with E-state index < -0.39 is 17.9 Å². The van der Waals surface area contributed by atoms with Gasteiger partial charge in [0.15, 0.2) is 6.23 Å². The highest BCUT2D eigenvalue weighted by atomic mass is 16.6. The van der Waals surface area contributed by atoms with Crippen LogP contribution in [0, 0.1) is 0 Å². The minimum absolute atomic E-state index is 0.255. The number of hydrogen-bond donors (Lipinski definition) is 0. The number of piperidine rings is 1. The molecule has 0 aromatic heterocycles. The van der Waals surface area contributed by atoms with Crippen molar-refractivity contribution < 1.29 is 19.1 Å². The summed E-state index contributed by atoms with van der Waals surface area (Å²) in [5.41, 5.74) is 0.355. The van der Waals surface area contributed by atoms with Gasteiger partial charge >= 0.3 is 5.97 Å². The fourth-order valence-corrected chi connectivity index (χ4v) is 2.33. The van der Waals surface area contributed by atoms with Gasteiger partial charge in [-0.25, -0.2) is 0 Å². The van der Waals surface area contributed by atoms with Gasteiger partial charge in [0, 0.05) is 24.9 Å². The SMILES string of the molecule is CCC(=O)OC1CCCCN1C(=O)C(=O)c1ccccc1. The molecule has 1 heterocycles. The number of nitrogens with zero attached hydrogens (tertiary/aromatic N) is 1. The lowest BCUT2D eigenvalue weighted by molar-refractivity contribution is -0.166. The monoisotopic (exact) mass is 289 g/mol. The third kappa shape index (κ3) is 3.68. The van der Waals surface area contributed by atoms with Gasteiger partial charge in [-0.05, 0) is 12.8 Å². The highest BCUT2D eigenvalue weighted by Gasteiger charge is 2.33. The van der Waals surface area contributed by atoms with Crippen molar-refractivity contribution in [3.05, 3.63) is 35.9 Å². The Morgan fingerprint density at radius 2 is 1.90 bits per heavy atom. The minimum Gasteiger partial charge on any atom is -0.441 e. The number of ether oxygens (including phenoxy) is 1. The summed E-state index contributed by atoms with van der Waals surface area (Å²) >= 11 is 0. The molecule has 2 rings (SSSR count). The van der Waals surface area contributed by atoms with Crippen LogP contribution < -0.4 is 0 Å². The Morgan fingerprint density at radius 3 is 2.57 bits per heavy atom. The predicted octanol–water partition coefficient (Wildman–Crippen LogP) is 2.16. The Hall–Kier alpha value is -2.17. The molecule has 112 valence electrons. The van der Waals surface area contributed by atoms with E-state index in [2.05, 4.69) is 0 Å². The number of carbonyl (C=O) groups is 3. The van der Waals surface area contributed by atoms with Crippen LogP contribution in [0.4, 0.5) is 0 Å². The molecule has 0 N–H and O–H groups in total. The molecule has 1 aromatic carbocycles. The number of amides is 1. The first kappa shape index (κ1) is 15.2. The van der Waals surface area contributed by atoms with Gasteiger partial charge in [-0.1, -0.05) is 37.3 Å². The van der Waals surface area contributed by atoms with Crippen LogP contribution in [-0.2, 0) is 14.3 Å². The topological polar surface area (TPSA) is 63.7 Å². The van der Waals surface area contributed by atoms with E-state index in [1.165, 1.54) is 4.90 Å². The molecule has 1 aromatic rings. The largest absolute Gasteiger partial charge is 0.441 e. The standard InChI is InChI=1S/C16H19NO4/c1-2-14(18)21-13-10-6-7-11-17(13)16(20)15(19)12-8-4-3-5-9-12/h3-5,8-9,13H,2,6-7,10-11H2,1H3. The second-order valence-corrected chi connectivity index (χ2v) is 4.99. The van der Waals surface area contributed by atoms with Gasteiger partial charge < -0.3 is 4.74 Å². The van der Waals surface area contributed by atoms with Crippen LogP contribution in [-0.4, -0.2) is 35.3 Å². The molecule has 5 heteroatoms. The second kappa shape index (κ2) is 7.02. The molecular formula is C16H19NO4. The Bertz CT molecular complexity index is 526. The van der Waals surface area contributed by atoms with Crippen molar-refractivity contribution in [2.75, 3.05) is 6.54 Å². The van der Waals surface area contributed by atoms with Crippen LogP contribution in [0.3, 0.4) is 0 Å². The maximum Gasteiger partial charge on any atom is 0.307 e. The number of likely N-dealkylation sites (tertiary alicyclic amines) is 1. The van der Waals surface area contributed by atoms with Crippen molar-refractivity contribution >= 4 is 17.7 Å². The lowest BCUT2D eigenvalue weighted by Crippen LogP contribution is -2.48. The van der Waals surface area contributed by atoms with E-state index in [0.717, 1.165) is 12.8 Å². The molecule has 1 amide bonds. The van der Waals surface area contributed by atoms with Gasteiger partial charge in [-0.2, -0.15) is 0 Å². The number of hydrogen-bond acceptors (Lipinski definition) is 4. The molecule has 0 radical (unpaired) electrons. The van der Waals surface area contributed by atoms with E-state index in [-0.39, 0.29) is 12.4 Å². The molecule has 21 heavy (non-hydrogen) atoms. The summed E-state index contributed by atoms with van der Waals surface area (Å²) in [6, 6.07) is 8.43. The molecule has 1 unspecified atom stereocenters. The molecule has 0 aliphatic carbocycles. The molecule has 5 nitrogen and oxygen atoms in total. The third-order valence-electron chi connectivity index (χ3n) is 3.49. The van der Waals surface area contributed by atoms with Gasteiger partial charge in [0.05, 0.1) is 0 Å². The van der Waals surface area contributed by atoms with Crippen molar-refractivity contribution in [2.24, 2.45) is 0 Å². The van der Waals surface area contributed by atoms with Gasteiger partial charge in [-0.15, -0.1) is 0 Å². The first-order valence-corrected chi connectivity index (χ1v) is 7.23. The van der Waals surface area contributed by atoms with E-state index in [0.29, 0.717) is 18.5 Å². The van der Waals surface area contributed by atoms with Crippen LogP contribution >= 0.6 is 0 Å². The summed E-state index contributed by atoms with van der Waals surface area (Å²) < 4.78 is 5.27. The predicted molar refractivity (Wildman–Crippen MR) is 76.5 cm³/mol. The molecule has 1 aliphatic heterocycles. The smallest absolute Gasteiger partial charge is 0.307 e. The maximum atomic E-state index is 12.4. The highest BCUT2D eigenvalue weighted by Crippen LogP contribution is 2.20. The van der Waals surface area contributed by atoms with Gasteiger partial charge in [0.1, 0.15) is 0 Å². The van der Waals surface area contributed by atoms with Gasteiger partial charge in [0.2, 0.25) is 5.78 Å². The molecule has 0 spiro atoms. The number of esters is 1. The summed E-state index contributed by atoms with van der Waals surface area (Å²) in [6.07, 6.45) is 1.91. The Morgan fingerprint density at radius 1 is 1.19 bits per heavy atom. The highest BCUT2D eigenvalue weighted by molar-refractivity contribution is 6.42.